The molecule has 1 aromatic carbocycles. The summed E-state index contributed by atoms with van der Waals surface area (Å²) < 4.78 is 1.23. The molecular formula is C13H16BrCl. The molecule has 0 bridgehead atoms. The maximum absolute atomic E-state index is 6.25. The van der Waals surface area contributed by atoms with Gasteiger partial charge in [0.05, 0.1) is 0 Å². The fourth-order valence-electron chi connectivity index (χ4n) is 2.43. The van der Waals surface area contributed by atoms with Crippen molar-refractivity contribution in [2.24, 2.45) is 11.8 Å². The van der Waals surface area contributed by atoms with Gasteiger partial charge in [-0.2, -0.15) is 0 Å². The highest BCUT2D eigenvalue weighted by Crippen LogP contribution is 2.38. The summed E-state index contributed by atoms with van der Waals surface area (Å²) in [5.74, 6) is 1.41. The van der Waals surface area contributed by atoms with Gasteiger partial charge in [0.15, 0.2) is 0 Å². The van der Waals surface area contributed by atoms with Gasteiger partial charge in [-0.3, -0.25) is 0 Å². The number of alkyl halides is 1. The SMILES string of the molecule is CC1C(Cl)CCC1Cc1ccccc1Br. The standard InChI is InChI=1S/C13H16BrCl/c1-9-10(6-7-13(9)15)8-11-4-2-3-5-12(11)14/h2-5,9-10,13H,6-8H2,1H3. The molecule has 0 aliphatic heterocycles. The summed E-state index contributed by atoms with van der Waals surface area (Å²) in [6.07, 6.45) is 3.61. The van der Waals surface area contributed by atoms with E-state index in [0.29, 0.717) is 11.3 Å². The summed E-state index contributed by atoms with van der Waals surface area (Å²) in [7, 11) is 0. The van der Waals surface area contributed by atoms with Gasteiger partial charge in [-0.05, 0) is 42.7 Å². The van der Waals surface area contributed by atoms with Crippen molar-refractivity contribution < 1.29 is 0 Å². The van der Waals surface area contributed by atoms with E-state index in [2.05, 4.69) is 47.1 Å². The zero-order chi connectivity index (χ0) is 10.8. The van der Waals surface area contributed by atoms with E-state index < -0.39 is 0 Å². The van der Waals surface area contributed by atoms with Gasteiger partial charge >= 0.3 is 0 Å². The zero-order valence-corrected chi connectivity index (χ0v) is 11.3. The molecule has 0 spiro atoms. The summed E-state index contributed by atoms with van der Waals surface area (Å²) in [4.78, 5) is 0. The fourth-order valence-corrected chi connectivity index (χ4v) is 3.21. The predicted molar refractivity (Wildman–Crippen MR) is 69.4 cm³/mol. The molecule has 1 aliphatic carbocycles. The lowest BCUT2D eigenvalue weighted by Crippen LogP contribution is -2.13. The Bertz CT molecular complexity index is 337. The second kappa shape index (κ2) is 4.88. The summed E-state index contributed by atoms with van der Waals surface area (Å²) in [5.41, 5.74) is 1.42. The second-order valence-electron chi connectivity index (χ2n) is 4.51. The number of rotatable bonds is 2. The van der Waals surface area contributed by atoms with E-state index in [-0.39, 0.29) is 0 Å². The van der Waals surface area contributed by atoms with Crippen molar-refractivity contribution in [1.82, 2.24) is 0 Å². The van der Waals surface area contributed by atoms with E-state index >= 15 is 0 Å². The van der Waals surface area contributed by atoms with E-state index in [0.717, 1.165) is 12.3 Å². The molecular weight excluding hydrogens is 272 g/mol. The van der Waals surface area contributed by atoms with E-state index in [4.69, 9.17) is 11.6 Å². The lowest BCUT2D eigenvalue weighted by Gasteiger charge is -2.17. The highest BCUT2D eigenvalue weighted by Gasteiger charge is 2.31. The first-order chi connectivity index (χ1) is 7.18. The van der Waals surface area contributed by atoms with Crippen LogP contribution in [0, 0.1) is 11.8 Å². The first-order valence-electron chi connectivity index (χ1n) is 5.56. The van der Waals surface area contributed by atoms with Gasteiger partial charge < -0.3 is 0 Å². The normalized spacial score (nSPS) is 30.7. The minimum atomic E-state index is 0.387. The van der Waals surface area contributed by atoms with E-state index in [1.165, 1.54) is 22.9 Å². The van der Waals surface area contributed by atoms with Crippen molar-refractivity contribution in [2.75, 3.05) is 0 Å². The molecule has 0 saturated heterocycles. The number of benzene rings is 1. The van der Waals surface area contributed by atoms with Gasteiger partial charge in [-0.15, -0.1) is 11.6 Å². The summed E-state index contributed by atoms with van der Waals surface area (Å²) in [5, 5.41) is 0.387. The monoisotopic (exact) mass is 286 g/mol. The first-order valence-corrected chi connectivity index (χ1v) is 6.79. The fraction of sp³-hybridized carbons (Fsp3) is 0.538. The van der Waals surface area contributed by atoms with Crippen molar-refractivity contribution in [3.05, 3.63) is 34.3 Å². The minimum Gasteiger partial charge on any atom is -0.123 e. The van der Waals surface area contributed by atoms with Crippen LogP contribution >= 0.6 is 27.5 Å². The molecule has 2 rings (SSSR count). The average molecular weight is 288 g/mol. The highest BCUT2D eigenvalue weighted by atomic mass is 79.9. The summed E-state index contributed by atoms with van der Waals surface area (Å²) in [6.45, 7) is 2.28. The van der Waals surface area contributed by atoms with Crippen molar-refractivity contribution in [1.29, 1.82) is 0 Å². The molecule has 1 saturated carbocycles. The molecule has 3 atom stereocenters. The Kier molecular flexibility index (Phi) is 3.73. The number of hydrogen-bond donors (Lipinski definition) is 0. The average Bonchev–Trinajstić information content (AvgIpc) is 2.53. The molecule has 0 nitrogen and oxygen atoms in total. The molecule has 2 heteroatoms. The molecule has 1 fully saturated rings. The molecule has 0 amide bonds. The Morgan fingerprint density at radius 3 is 2.67 bits per heavy atom. The van der Waals surface area contributed by atoms with Gasteiger partial charge in [-0.25, -0.2) is 0 Å². The van der Waals surface area contributed by atoms with Crippen LogP contribution in [0.15, 0.2) is 28.7 Å². The molecule has 82 valence electrons. The Morgan fingerprint density at radius 1 is 1.33 bits per heavy atom. The van der Waals surface area contributed by atoms with Crippen molar-refractivity contribution in [3.63, 3.8) is 0 Å². The highest BCUT2D eigenvalue weighted by molar-refractivity contribution is 9.10. The second-order valence-corrected chi connectivity index (χ2v) is 5.92. The van der Waals surface area contributed by atoms with Gasteiger partial charge in [0.2, 0.25) is 0 Å². The Morgan fingerprint density at radius 2 is 2.07 bits per heavy atom. The van der Waals surface area contributed by atoms with E-state index in [1.54, 1.807) is 0 Å². The van der Waals surface area contributed by atoms with Crippen molar-refractivity contribution >= 4 is 27.5 Å². The number of halogens is 2. The van der Waals surface area contributed by atoms with Crippen LogP contribution in [-0.4, -0.2) is 5.38 Å². The topological polar surface area (TPSA) is 0 Å². The molecule has 1 aromatic rings. The van der Waals surface area contributed by atoms with Gasteiger partial charge in [0.25, 0.3) is 0 Å². The van der Waals surface area contributed by atoms with Crippen LogP contribution in [0.5, 0.6) is 0 Å². The molecule has 3 unspecified atom stereocenters. The van der Waals surface area contributed by atoms with Crippen molar-refractivity contribution in [2.45, 2.75) is 31.6 Å². The maximum Gasteiger partial charge on any atom is 0.0364 e. The van der Waals surface area contributed by atoms with Crippen LogP contribution in [0.25, 0.3) is 0 Å². The van der Waals surface area contributed by atoms with Crippen LogP contribution in [0.4, 0.5) is 0 Å². The lowest BCUT2D eigenvalue weighted by molar-refractivity contribution is 0.419. The number of hydrogen-bond acceptors (Lipinski definition) is 0. The quantitative estimate of drug-likeness (QED) is 0.695. The zero-order valence-electron chi connectivity index (χ0n) is 8.92. The van der Waals surface area contributed by atoms with Crippen LogP contribution < -0.4 is 0 Å². The van der Waals surface area contributed by atoms with Crippen LogP contribution in [0.3, 0.4) is 0 Å². The molecule has 0 radical (unpaired) electrons. The Labute approximate surface area is 105 Å². The van der Waals surface area contributed by atoms with Gasteiger partial charge in [0, 0.05) is 9.85 Å². The molecule has 0 aromatic heterocycles. The molecule has 0 N–H and O–H groups in total. The predicted octanol–water partition coefficient (Wildman–Crippen LogP) is 4.65. The summed E-state index contributed by atoms with van der Waals surface area (Å²) in [6, 6.07) is 8.50. The van der Waals surface area contributed by atoms with Crippen molar-refractivity contribution in [3.8, 4) is 0 Å². The van der Waals surface area contributed by atoms with Crippen LogP contribution in [0.1, 0.15) is 25.3 Å². The third-order valence-corrected chi connectivity index (χ3v) is 4.96. The maximum atomic E-state index is 6.25. The molecule has 0 heterocycles. The van der Waals surface area contributed by atoms with E-state index in [1.807, 2.05) is 0 Å². The largest absolute Gasteiger partial charge is 0.123 e. The Hall–Kier alpha value is -0.0100. The lowest BCUT2D eigenvalue weighted by atomic mass is 9.91. The Balaban J connectivity index is 2.07. The van der Waals surface area contributed by atoms with Crippen LogP contribution in [0.2, 0.25) is 0 Å². The minimum absolute atomic E-state index is 0.387. The van der Waals surface area contributed by atoms with E-state index in [9.17, 15) is 0 Å². The third kappa shape index (κ3) is 2.57. The third-order valence-electron chi connectivity index (χ3n) is 3.57. The van der Waals surface area contributed by atoms with Gasteiger partial charge in [-0.1, -0.05) is 41.1 Å². The smallest absolute Gasteiger partial charge is 0.0364 e. The van der Waals surface area contributed by atoms with Crippen LogP contribution in [-0.2, 0) is 6.42 Å². The molecule has 15 heavy (non-hydrogen) atoms. The van der Waals surface area contributed by atoms with Gasteiger partial charge in [0.1, 0.15) is 0 Å². The first kappa shape index (κ1) is 11.5. The molecule has 1 aliphatic rings. The summed E-state index contributed by atoms with van der Waals surface area (Å²) >= 11 is 9.86.